The van der Waals surface area contributed by atoms with Crippen molar-refractivity contribution in [1.29, 1.82) is 0 Å². The molecule has 1 unspecified atom stereocenters. The Balaban J connectivity index is 2.02. The van der Waals surface area contributed by atoms with Gasteiger partial charge in [0.15, 0.2) is 8.32 Å². The summed E-state index contributed by atoms with van der Waals surface area (Å²) in [4.78, 5) is 0. The van der Waals surface area contributed by atoms with Gasteiger partial charge in [-0.15, -0.1) is 0 Å². The summed E-state index contributed by atoms with van der Waals surface area (Å²) in [6.07, 6.45) is 6.51. The van der Waals surface area contributed by atoms with Crippen molar-refractivity contribution >= 4 is 14.4 Å². The second-order valence-electron chi connectivity index (χ2n) is 8.10. The summed E-state index contributed by atoms with van der Waals surface area (Å²) in [5, 5.41) is 0. The molecule has 1 atom stereocenters. The van der Waals surface area contributed by atoms with Crippen LogP contribution < -0.4 is 4.74 Å². The van der Waals surface area contributed by atoms with E-state index in [0.29, 0.717) is 13.4 Å². The number of ether oxygens (including phenoxy) is 3. The van der Waals surface area contributed by atoms with Crippen LogP contribution in [0.2, 0.25) is 18.1 Å². The lowest BCUT2D eigenvalue weighted by molar-refractivity contribution is -0.0390. The molecular weight excluding hydrogens is 416 g/mol. The van der Waals surface area contributed by atoms with Gasteiger partial charge in [-0.2, -0.15) is 0 Å². The van der Waals surface area contributed by atoms with Gasteiger partial charge in [-0.05, 0) is 59.8 Å². The maximum absolute atomic E-state index is 6.90. The Labute approximate surface area is 195 Å². The Bertz CT molecular complexity index is 774. The normalized spacial score (nSPS) is 12.9. The van der Waals surface area contributed by atoms with Crippen LogP contribution in [-0.2, 0) is 20.5 Å². The van der Waals surface area contributed by atoms with Crippen LogP contribution in [0.5, 0.6) is 5.75 Å². The van der Waals surface area contributed by atoms with Crippen molar-refractivity contribution in [2.75, 3.05) is 21.0 Å². The quantitative estimate of drug-likeness (QED) is 0.159. The van der Waals surface area contributed by atoms with Gasteiger partial charge in [-0.1, -0.05) is 69.3 Å². The number of hydrogen-bond acceptors (Lipinski definition) is 4. The Morgan fingerprint density at radius 3 is 2.09 bits per heavy atom. The number of allylic oxidation sites excluding steroid dienone is 1. The summed E-state index contributed by atoms with van der Waals surface area (Å²) in [5.41, 5.74) is 3.58. The molecule has 32 heavy (non-hydrogen) atoms. The van der Waals surface area contributed by atoms with Crippen LogP contribution in [0, 0.1) is 0 Å². The van der Waals surface area contributed by atoms with Gasteiger partial charge in [0.25, 0.3) is 0 Å². The summed E-state index contributed by atoms with van der Waals surface area (Å²) < 4.78 is 22.6. The molecule has 0 heterocycles. The molecule has 0 aliphatic heterocycles. The number of rotatable bonds is 15. The second kappa shape index (κ2) is 14.3. The lowest BCUT2D eigenvalue weighted by Crippen LogP contribution is -2.37. The predicted molar refractivity (Wildman–Crippen MR) is 135 cm³/mol. The van der Waals surface area contributed by atoms with E-state index in [9.17, 15) is 0 Å². The van der Waals surface area contributed by atoms with Crippen molar-refractivity contribution in [2.45, 2.75) is 64.5 Å². The van der Waals surface area contributed by atoms with Crippen LogP contribution in [0.15, 0.2) is 54.6 Å². The van der Waals surface area contributed by atoms with Gasteiger partial charge in [-0.3, -0.25) is 0 Å². The van der Waals surface area contributed by atoms with Crippen LogP contribution in [0.3, 0.4) is 0 Å². The predicted octanol–water partition coefficient (Wildman–Crippen LogP) is 7.37. The highest BCUT2D eigenvalue weighted by atomic mass is 28.4. The minimum atomic E-state index is -1.71. The van der Waals surface area contributed by atoms with Crippen LogP contribution in [-0.4, -0.2) is 29.3 Å². The van der Waals surface area contributed by atoms with Crippen LogP contribution >= 0.6 is 0 Å². The standard InChI is InChI=1S/C27H40O4Si/c1-6-32(7-2,8-3)31-27(25-17-19-26(29-5)20-18-25)12-10-9-11-23-13-15-24(16-14-23)21-30-22-28-4/h9,11,13-20,27H,6-8,10,12,21-22H2,1-5H3/b11-9+. The van der Waals surface area contributed by atoms with Crippen molar-refractivity contribution in [3.05, 3.63) is 71.3 Å². The highest BCUT2D eigenvalue weighted by Crippen LogP contribution is 2.33. The van der Waals surface area contributed by atoms with Crippen molar-refractivity contribution in [2.24, 2.45) is 0 Å². The van der Waals surface area contributed by atoms with E-state index < -0.39 is 8.32 Å². The summed E-state index contributed by atoms with van der Waals surface area (Å²) in [6, 6.07) is 20.3. The molecule has 5 heteroatoms. The molecule has 0 aliphatic carbocycles. The summed E-state index contributed by atoms with van der Waals surface area (Å²) in [7, 11) is 1.63. The Kier molecular flexibility index (Phi) is 11.7. The highest BCUT2D eigenvalue weighted by Gasteiger charge is 2.32. The third kappa shape index (κ3) is 8.21. The van der Waals surface area contributed by atoms with Crippen LogP contribution in [0.1, 0.15) is 56.4 Å². The zero-order valence-electron chi connectivity index (χ0n) is 20.4. The lowest BCUT2D eigenvalue weighted by atomic mass is 10.0. The molecule has 0 saturated heterocycles. The Morgan fingerprint density at radius 1 is 0.875 bits per heavy atom. The van der Waals surface area contributed by atoms with E-state index in [4.69, 9.17) is 18.6 Å². The average Bonchev–Trinajstić information content (AvgIpc) is 2.85. The third-order valence-electron chi connectivity index (χ3n) is 6.17. The number of benzene rings is 2. The van der Waals surface area contributed by atoms with Crippen LogP contribution in [0.25, 0.3) is 6.08 Å². The number of methoxy groups -OCH3 is 2. The minimum absolute atomic E-state index is 0.123. The molecule has 2 rings (SSSR count). The van der Waals surface area contributed by atoms with Crippen LogP contribution in [0.4, 0.5) is 0 Å². The number of hydrogen-bond donors (Lipinski definition) is 0. The molecule has 4 nitrogen and oxygen atoms in total. The first-order valence-electron chi connectivity index (χ1n) is 11.7. The molecule has 0 aromatic heterocycles. The monoisotopic (exact) mass is 456 g/mol. The molecule has 0 amide bonds. The summed E-state index contributed by atoms with van der Waals surface area (Å²) >= 11 is 0. The van der Waals surface area contributed by atoms with E-state index in [1.807, 2.05) is 12.1 Å². The van der Waals surface area contributed by atoms with Gasteiger partial charge in [0.05, 0.1) is 19.8 Å². The molecule has 0 saturated carbocycles. The van der Waals surface area contributed by atoms with Crippen molar-refractivity contribution in [3.8, 4) is 5.75 Å². The van der Waals surface area contributed by atoms with Gasteiger partial charge in [0.2, 0.25) is 0 Å². The average molecular weight is 457 g/mol. The zero-order chi connectivity index (χ0) is 23.2. The van der Waals surface area contributed by atoms with Gasteiger partial charge < -0.3 is 18.6 Å². The summed E-state index contributed by atoms with van der Waals surface area (Å²) in [5.74, 6) is 0.883. The zero-order valence-corrected chi connectivity index (χ0v) is 21.4. The first kappa shape index (κ1) is 26.3. The molecule has 176 valence electrons. The highest BCUT2D eigenvalue weighted by molar-refractivity contribution is 6.73. The first-order valence-corrected chi connectivity index (χ1v) is 14.3. The maximum Gasteiger partial charge on any atom is 0.192 e. The topological polar surface area (TPSA) is 36.9 Å². The molecule has 0 bridgehead atoms. The van der Waals surface area contributed by atoms with E-state index in [1.165, 1.54) is 11.1 Å². The van der Waals surface area contributed by atoms with Crippen molar-refractivity contribution in [1.82, 2.24) is 0 Å². The largest absolute Gasteiger partial charge is 0.497 e. The summed E-state index contributed by atoms with van der Waals surface area (Å²) in [6.45, 7) is 7.74. The molecule has 0 N–H and O–H groups in total. The van der Waals surface area contributed by atoms with E-state index in [2.05, 4.69) is 69.3 Å². The fourth-order valence-corrected chi connectivity index (χ4v) is 6.71. The van der Waals surface area contributed by atoms with Crippen molar-refractivity contribution < 1.29 is 18.6 Å². The third-order valence-corrected chi connectivity index (χ3v) is 10.8. The second-order valence-corrected chi connectivity index (χ2v) is 12.8. The molecule has 2 aromatic carbocycles. The van der Waals surface area contributed by atoms with Crippen molar-refractivity contribution in [3.63, 3.8) is 0 Å². The van der Waals surface area contributed by atoms with Gasteiger partial charge >= 0.3 is 0 Å². The molecule has 0 aliphatic rings. The van der Waals surface area contributed by atoms with E-state index >= 15 is 0 Å². The Hall–Kier alpha value is -1.92. The first-order chi connectivity index (χ1) is 15.6. The van der Waals surface area contributed by atoms with E-state index in [0.717, 1.165) is 42.3 Å². The molecule has 0 fully saturated rings. The smallest absolute Gasteiger partial charge is 0.192 e. The maximum atomic E-state index is 6.90. The van der Waals surface area contributed by atoms with E-state index in [1.54, 1.807) is 14.2 Å². The molecule has 0 spiro atoms. The molecule has 0 radical (unpaired) electrons. The molecular formula is C27H40O4Si. The SMILES string of the molecule is CC[Si](CC)(CC)OC(CC/C=C/c1ccc(COCOC)cc1)c1ccc(OC)cc1. The van der Waals surface area contributed by atoms with Gasteiger partial charge in [0, 0.05) is 7.11 Å². The molecule has 2 aromatic rings. The Morgan fingerprint density at radius 2 is 1.53 bits per heavy atom. The lowest BCUT2D eigenvalue weighted by Gasteiger charge is -2.33. The van der Waals surface area contributed by atoms with Gasteiger partial charge in [-0.25, -0.2) is 0 Å². The fraction of sp³-hybridized carbons (Fsp3) is 0.481. The minimum Gasteiger partial charge on any atom is -0.497 e. The van der Waals surface area contributed by atoms with E-state index in [-0.39, 0.29) is 6.10 Å². The fourth-order valence-electron chi connectivity index (χ4n) is 3.85. The van der Waals surface area contributed by atoms with Gasteiger partial charge in [0.1, 0.15) is 12.5 Å².